The average molecular weight is 323 g/mol. The minimum atomic E-state index is 0. The number of hydrogen-bond acceptors (Lipinski definition) is 2. The molecule has 4 heteroatoms. The van der Waals surface area contributed by atoms with E-state index in [-0.39, 0.29) is 12.4 Å². The normalized spacial score (nSPS) is 13.6. The quantitative estimate of drug-likeness (QED) is 0.862. The van der Waals surface area contributed by atoms with Crippen LogP contribution in [0, 0.1) is 0 Å². The lowest BCUT2D eigenvalue weighted by molar-refractivity contribution is -0.00000433. The maximum absolute atomic E-state index is 6.27. The molecular weight excluding hydrogens is 305 g/mol. The molecule has 0 amide bonds. The predicted molar refractivity (Wildman–Crippen MR) is 82.1 cm³/mol. The summed E-state index contributed by atoms with van der Waals surface area (Å²) >= 11 is 6.27. The van der Waals surface area contributed by atoms with Gasteiger partial charge in [0.05, 0.1) is 5.02 Å². The maximum atomic E-state index is 6.27. The minimum absolute atomic E-state index is 0. The standard InChI is InChI=1S/C17H18ClNO.ClH/c18-16-10-14(11-19-15-7-8-15)6-9-17(16)20-12-13-4-2-1-3-5-13;/h1-6,9-10,15,19H,7-8,11-12H2;1H/p-1. The molecule has 0 spiro atoms. The molecule has 1 N–H and O–H groups in total. The summed E-state index contributed by atoms with van der Waals surface area (Å²) in [6, 6.07) is 16.8. The van der Waals surface area contributed by atoms with Gasteiger partial charge in [-0.15, -0.1) is 0 Å². The van der Waals surface area contributed by atoms with E-state index in [2.05, 4.69) is 11.4 Å². The molecular formula is C17H18Cl2NO-. The van der Waals surface area contributed by atoms with Gasteiger partial charge in [-0.3, -0.25) is 0 Å². The van der Waals surface area contributed by atoms with E-state index in [1.807, 2.05) is 42.5 Å². The Bertz CT molecular complexity index is 570. The molecule has 112 valence electrons. The number of nitrogens with one attached hydrogen (secondary N) is 1. The molecule has 1 fully saturated rings. The van der Waals surface area contributed by atoms with Crippen LogP contribution in [0.4, 0.5) is 0 Å². The van der Waals surface area contributed by atoms with Crippen LogP contribution in [0.2, 0.25) is 5.02 Å². The van der Waals surface area contributed by atoms with Crippen molar-refractivity contribution in [1.82, 2.24) is 5.32 Å². The van der Waals surface area contributed by atoms with Crippen molar-refractivity contribution in [2.75, 3.05) is 0 Å². The number of hydrogen-bond donors (Lipinski definition) is 1. The highest BCUT2D eigenvalue weighted by atomic mass is 35.5. The van der Waals surface area contributed by atoms with E-state index < -0.39 is 0 Å². The maximum Gasteiger partial charge on any atom is 0.138 e. The third-order valence-electron chi connectivity index (χ3n) is 3.41. The van der Waals surface area contributed by atoms with E-state index >= 15 is 0 Å². The van der Waals surface area contributed by atoms with Crippen molar-refractivity contribution in [3.05, 3.63) is 64.7 Å². The average Bonchev–Trinajstić information content (AvgIpc) is 3.29. The van der Waals surface area contributed by atoms with Crippen molar-refractivity contribution >= 4 is 11.6 Å². The Hall–Kier alpha value is -1.22. The van der Waals surface area contributed by atoms with Crippen molar-refractivity contribution in [3.8, 4) is 5.75 Å². The van der Waals surface area contributed by atoms with Crippen molar-refractivity contribution in [1.29, 1.82) is 0 Å². The first kappa shape index (κ1) is 16.2. The monoisotopic (exact) mass is 322 g/mol. The number of halogens is 2. The third-order valence-corrected chi connectivity index (χ3v) is 3.70. The number of benzene rings is 2. The van der Waals surface area contributed by atoms with Gasteiger partial charge in [-0.25, -0.2) is 0 Å². The molecule has 0 heterocycles. The van der Waals surface area contributed by atoms with E-state index in [9.17, 15) is 0 Å². The molecule has 1 saturated carbocycles. The lowest BCUT2D eigenvalue weighted by Gasteiger charge is -2.10. The molecule has 0 unspecified atom stereocenters. The summed E-state index contributed by atoms with van der Waals surface area (Å²) in [5.41, 5.74) is 2.34. The van der Waals surface area contributed by atoms with Gasteiger partial charge in [0.1, 0.15) is 12.4 Å². The van der Waals surface area contributed by atoms with Crippen LogP contribution in [0.3, 0.4) is 0 Å². The van der Waals surface area contributed by atoms with Crippen LogP contribution in [0.1, 0.15) is 24.0 Å². The highest BCUT2D eigenvalue weighted by Gasteiger charge is 2.20. The van der Waals surface area contributed by atoms with Gasteiger partial charge in [0.2, 0.25) is 0 Å². The SMILES string of the molecule is Clc1cc(CNC2CC2)ccc1OCc1ccccc1.[Cl-]. The van der Waals surface area contributed by atoms with Crippen LogP contribution in [-0.2, 0) is 13.2 Å². The fourth-order valence-corrected chi connectivity index (χ4v) is 2.31. The Morgan fingerprint density at radius 3 is 2.48 bits per heavy atom. The summed E-state index contributed by atoms with van der Waals surface area (Å²) in [7, 11) is 0. The molecule has 21 heavy (non-hydrogen) atoms. The number of rotatable bonds is 6. The summed E-state index contributed by atoms with van der Waals surface area (Å²) in [6.07, 6.45) is 2.60. The summed E-state index contributed by atoms with van der Waals surface area (Å²) in [6.45, 7) is 1.42. The Balaban J connectivity index is 0.00000161. The fourth-order valence-electron chi connectivity index (χ4n) is 2.06. The second-order valence-electron chi connectivity index (χ2n) is 5.19. The molecule has 1 aliphatic carbocycles. The first-order valence-corrected chi connectivity index (χ1v) is 7.37. The number of ether oxygens (including phenoxy) is 1. The zero-order valence-corrected chi connectivity index (χ0v) is 13.2. The lowest BCUT2D eigenvalue weighted by Crippen LogP contribution is -3.00. The first-order chi connectivity index (χ1) is 9.81. The van der Waals surface area contributed by atoms with E-state index in [4.69, 9.17) is 16.3 Å². The summed E-state index contributed by atoms with van der Waals surface area (Å²) < 4.78 is 5.76. The second kappa shape index (κ2) is 7.69. The predicted octanol–water partition coefficient (Wildman–Crippen LogP) is 1.17. The zero-order valence-electron chi connectivity index (χ0n) is 11.7. The van der Waals surface area contributed by atoms with Crippen molar-refractivity contribution in [3.63, 3.8) is 0 Å². The lowest BCUT2D eigenvalue weighted by atomic mass is 10.2. The van der Waals surface area contributed by atoms with Crippen LogP contribution in [-0.4, -0.2) is 6.04 Å². The summed E-state index contributed by atoms with van der Waals surface area (Å²) in [5.74, 6) is 0.741. The van der Waals surface area contributed by atoms with Gasteiger partial charge in [-0.1, -0.05) is 48.0 Å². The molecule has 0 bridgehead atoms. The molecule has 0 atom stereocenters. The van der Waals surface area contributed by atoms with Gasteiger partial charge in [0, 0.05) is 12.6 Å². The largest absolute Gasteiger partial charge is 1.00 e. The van der Waals surface area contributed by atoms with Gasteiger partial charge in [0.25, 0.3) is 0 Å². The third kappa shape index (κ3) is 4.92. The smallest absolute Gasteiger partial charge is 0.138 e. The van der Waals surface area contributed by atoms with E-state index in [1.165, 1.54) is 18.4 Å². The van der Waals surface area contributed by atoms with E-state index in [1.54, 1.807) is 0 Å². The van der Waals surface area contributed by atoms with Gasteiger partial charge in [0.15, 0.2) is 0 Å². The van der Waals surface area contributed by atoms with Crippen LogP contribution < -0.4 is 22.5 Å². The van der Waals surface area contributed by atoms with Crippen LogP contribution >= 0.6 is 11.6 Å². The molecule has 3 rings (SSSR count). The molecule has 2 aromatic carbocycles. The fraction of sp³-hybridized carbons (Fsp3) is 0.294. The van der Waals surface area contributed by atoms with Crippen LogP contribution in [0.15, 0.2) is 48.5 Å². The van der Waals surface area contributed by atoms with Gasteiger partial charge in [-0.05, 0) is 36.1 Å². The Kier molecular flexibility index (Phi) is 5.92. The van der Waals surface area contributed by atoms with Crippen LogP contribution in [0.25, 0.3) is 0 Å². The Morgan fingerprint density at radius 1 is 1.05 bits per heavy atom. The Labute approximate surface area is 136 Å². The molecule has 1 aliphatic rings. The molecule has 0 saturated heterocycles. The molecule has 2 aromatic rings. The topological polar surface area (TPSA) is 21.3 Å². The Morgan fingerprint density at radius 2 is 1.81 bits per heavy atom. The van der Waals surface area contributed by atoms with E-state index in [0.717, 1.165) is 17.9 Å². The highest BCUT2D eigenvalue weighted by molar-refractivity contribution is 6.32. The first-order valence-electron chi connectivity index (χ1n) is 7.00. The highest BCUT2D eigenvalue weighted by Crippen LogP contribution is 2.27. The molecule has 2 nitrogen and oxygen atoms in total. The van der Waals surface area contributed by atoms with E-state index in [0.29, 0.717) is 17.7 Å². The second-order valence-corrected chi connectivity index (χ2v) is 5.60. The van der Waals surface area contributed by atoms with Gasteiger partial charge in [-0.2, -0.15) is 0 Å². The minimum Gasteiger partial charge on any atom is -1.00 e. The van der Waals surface area contributed by atoms with Crippen LogP contribution in [0.5, 0.6) is 5.75 Å². The van der Waals surface area contributed by atoms with Crippen molar-refractivity contribution in [2.24, 2.45) is 0 Å². The summed E-state index contributed by atoms with van der Waals surface area (Å²) in [5, 5.41) is 4.15. The van der Waals surface area contributed by atoms with Gasteiger partial charge >= 0.3 is 0 Å². The zero-order chi connectivity index (χ0) is 13.8. The van der Waals surface area contributed by atoms with Crippen molar-refractivity contribution < 1.29 is 17.1 Å². The summed E-state index contributed by atoms with van der Waals surface area (Å²) in [4.78, 5) is 0. The molecule has 0 aromatic heterocycles. The molecule has 0 radical (unpaired) electrons. The van der Waals surface area contributed by atoms with Gasteiger partial charge < -0.3 is 22.5 Å². The molecule has 0 aliphatic heterocycles. The van der Waals surface area contributed by atoms with Crippen molar-refractivity contribution in [2.45, 2.75) is 32.0 Å².